The summed E-state index contributed by atoms with van der Waals surface area (Å²) in [4.78, 5) is 15.6. The summed E-state index contributed by atoms with van der Waals surface area (Å²) in [6, 6.07) is 1.63. The minimum atomic E-state index is -0.707. The van der Waals surface area contributed by atoms with E-state index in [1.807, 2.05) is 0 Å². The van der Waals surface area contributed by atoms with Crippen LogP contribution in [0.3, 0.4) is 0 Å². The van der Waals surface area contributed by atoms with Crippen LogP contribution in [0.2, 0.25) is 5.02 Å². The number of carbonyl (C=O) groups excluding carboxylic acids is 1. The van der Waals surface area contributed by atoms with Gasteiger partial charge in [-0.05, 0) is 33.8 Å². The van der Waals surface area contributed by atoms with Crippen molar-refractivity contribution in [2.45, 2.75) is 66.2 Å². The number of halogens is 1. The van der Waals surface area contributed by atoms with E-state index in [1.165, 1.54) is 12.6 Å². The molecule has 126 valence electrons. The minimum absolute atomic E-state index is 0.173. The fourth-order valence-corrected chi connectivity index (χ4v) is 1.63. The molecular weight excluding hydrogens is 304 g/mol. The molecule has 2 N–H and O–H groups in total. The van der Waals surface area contributed by atoms with Crippen LogP contribution in [0.4, 0.5) is 4.79 Å². The molecule has 0 spiro atoms. The van der Waals surface area contributed by atoms with E-state index in [0.717, 1.165) is 0 Å². The molecule has 0 bridgehead atoms. The molecule has 1 atom stereocenters. The molecule has 0 fully saturated rings. The Morgan fingerprint density at radius 2 is 2.00 bits per heavy atom. The molecule has 5 nitrogen and oxygen atoms in total. The van der Waals surface area contributed by atoms with E-state index in [1.54, 1.807) is 33.8 Å². The number of nitrogens with zero attached hydrogens (tertiary/aromatic N) is 1. The summed E-state index contributed by atoms with van der Waals surface area (Å²) < 4.78 is 5.12. The average molecular weight is 331 g/mol. The molecule has 0 aliphatic heterocycles. The highest BCUT2D eigenvalue weighted by Gasteiger charge is 2.17. The van der Waals surface area contributed by atoms with Crippen LogP contribution in [-0.2, 0) is 11.3 Å². The Kier molecular flexibility index (Phi) is 9.06. The topological polar surface area (TPSA) is 71.5 Å². The Labute approximate surface area is 138 Å². The standard InChI is InChI=1S/C13H19ClN2O3.C3H8/c1-8(17)10-5-9(14)6-15-11(10)7-16-12(18)19-13(2,3)4;1-3-2/h5-6,8,17H,7H2,1-4H3,(H,16,18);3H2,1-2H3. The Morgan fingerprint density at radius 3 is 2.45 bits per heavy atom. The second kappa shape index (κ2) is 9.64. The second-order valence-electron chi connectivity index (χ2n) is 5.93. The SMILES string of the molecule is CC(O)c1cc(Cl)cnc1CNC(=O)OC(C)(C)C.CCC. The molecule has 1 heterocycles. The van der Waals surface area contributed by atoms with Crippen molar-refractivity contribution in [1.82, 2.24) is 10.3 Å². The van der Waals surface area contributed by atoms with E-state index in [0.29, 0.717) is 16.3 Å². The molecule has 0 aliphatic rings. The number of ether oxygens (including phenoxy) is 1. The van der Waals surface area contributed by atoms with Crippen molar-refractivity contribution >= 4 is 17.7 Å². The number of carbonyl (C=O) groups is 1. The Bertz CT molecular complexity index is 471. The maximum absolute atomic E-state index is 11.5. The number of pyridine rings is 1. The van der Waals surface area contributed by atoms with Gasteiger partial charge in [0.05, 0.1) is 23.4 Å². The Hall–Kier alpha value is -1.33. The fraction of sp³-hybridized carbons (Fsp3) is 0.625. The molecule has 0 saturated heterocycles. The van der Waals surface area contributed by atoms with Crippen LogP contribution < -0.4 is 5.32 Å². The van der Waals surface area contributed by atoms with Crippen molar-refractivity contribution in [2.24, 2.45) is 0 Å². The minimum Gasteiger partial charge on any atom is -0.444 e. The summed E-state index contributed by atoms with van der Waals surface area (Å²) in [5.74, 6) is 0. The van der Waals surface area contributed by atoms with Gasteiger partial charge in [-0.15, -0.1) is 0 Å². The monoisotopic (exact) mass is 330 g/mol. The normalized spacial score (nSPS) is 12.0. The highest BCUT2D eigenvalue weighted by Crippen LogP contribution is 2.20. The van der Waals surface area contributed by atoms with Gasteiger partial charge in [0.25, 0.3) is 0 Å². The Balaban J connectivity index is 0.00000135. The summed E-state index contributed by atoms with van der Waals surface area (Å²) in [5.41, 5.74) is 0.596. The van der Waals surface area contributed by atoms with Crippen molar-refractivity contribution in [3.63, 3.8) is 0 Å². The second-order valence-corrected chi connectivity index (χ2v) is 6.36. The maximum Gasteiger partial charge on any atom is 0.407 e. The molecule has 0 radical (unpaired) electrons. The molecule has 0 aliphatic carbocycles. The first-order valence-corrected chi connectivity index (χ1v) is 7.77. The van der Waals surface area contributed by atoms with E-state index < -0.39 is 17.8 Å². The zero-order valence-electron chi connectivity index (χ0n) is 14.2. The molecule has 6 heteroatoms. The predicted molar refractivity (Wildman–Crippen MR) is 88.9 cm³/mol. The lowest BCUT2D eigenvalue weighted by atomic mass is 10.1. The summed E-state index contributed by atoms with van der Waals surface area (Å²) in [6.07, 6.45) is 1.49. The lowest BCUT2D eigenvalue weighted by molar-refractivity contribution is 0.0522. The number of nitrogens with one attached hydrogen (secondary N) is 1. The number of hydrogen-bond acceptors (Lipinski definition) is 4. The summed E-state index contributed by atoms with van der Waals surface area (Å²) >= 11 is 5.83. The molecule has 1 aromatic heterocycles. The first-order chi connectivity index (χ1) is 10.1. The number of aliphatic hydroxyl groups excluding tert-OH is 1. The molecule has 22 heavy (non-hydrogen) atoms. The fourth-order valence-electron chi connectivity index (χ4n) is 1.46. The summed E-state index contributed by atoms with van der Waals surface area (Å²) in [5, 5.41) is 12.7. The van der Waals surface area contributed by atoms with Crippen molar-refractivity contribution in [2.75, 3.05) is 0 Å². The number of alkyl carbamates (subject to hydrolysis) is 1. The van der Waals surface area contributed by atoms with Gasteiger partial charge >= 0.3 is 6.09 Å². The predicted octanol–water partition coefficient (Wildman–Crippen LogP) is 4.23. The number of amides is 1. The molecular formula is C16H27ClN2O3. The molecule has 1 unspecified atom stereocenters. The number of aliphatic hydroxyl groups is 1. The molecule has 1 aromatic rings. The molecule has 0 aromatic carbocycles. The van der Waals surface area contributed by atoms with Crippen LogP contribution in [0.25, 0.3) is 0 Å². The zero-order valence-corrected chi connectivity index (χ0v) is 15.0. The summed E-state index contributed by atoms with van der Waals surface area (Å²) in [6.45, 7) is 11.4. The van der Waals surface area contributed by atoms with E-state index in [2.05, 4.69) is 24.1 Å². The highest BCUT2D eigenvalue weighted by molar-refractivity contribution is 6.30. The van der Waals surface area contributed by atoms with Gasteiger partial charge in [0.2, 0.25) is 0 Å². The summed E-state index contributed by atoms with van der Waals surface area (Å²) in [7, 11) is 0. The van der Waals surface area contributed by atoms with Crippen LogP contribution in [0, 0.1) is 0 Å². The largest absolute Gasteiger partial charge is 0.444 e. The van der Waals surface area contributed by atoms with Crippen LogP contribution >= 0.6 is 11.6 Å². The van der Waals surface area contributed by atoms with Gasteiger partial charge in [-0.2, -0.15) is 0 Å². The van der Waals surface area contributed by atoms with Gasteiger partial charge in [0, 0.05) is 11.8 Å². The van der Waals surface area contributed by atoms with Crippen LogP contribution in [0.1, 0.15) is 65.3 Å². The highest BCUT2D eigenvalue weighted by atomic mass is 35.5. The lowest BCUT2D eigenvalue weighted by Crippen LogP contribution is -2.32. The van der Waals surface area contributed by atoms with Crippen LogP contribution in [0.5, 0.6) is 0 Å². The van der Waals surface area contributed by atoms with Crippen molar-refractivity contribution in [3.05, 3.63) is 28.5 Å². The quantitative estimate of drug-likeness (QED) is 0.870. The third kappa shape index (κ3) is 8.85. The Morgan fingerprint density at radius 1 is 1.45 bits per heavy atom. The van der Waals surface area contributed by atoms with Gasteiger partial charge < -0.3 is 15.2 Å². The van der Waals surface area contributed by atoms with Gasteiger partial charge in [0.1, 0.15) is 5.60 Å². The number of hydrogen-bond donors (Lipinski definition) is 2. The molecule has 1 rings (SSSR count). The average Bonchev–Trinajstić information content (AvgIpc) is 2.36. The van der Waals surface area contributed by atoms with Gasteiger partial charge in [-0.3, -0.25) is 4.98 Å². The van der Waals surface area contributed by atoms with Gasteiger partial charge in [-0.25, -0.2) is 4.79 Å². The number of aromatic nitrogens is 1. The van der Waals surface area contributed by atoms with E-state index in [9.17, 15) is 9.90 Å². The third-order valence-corrected chi connectivity index (χ3v) is 2.43. The lowest BCUT2D eigenvalue weighted by Gasteiger charge is -2.20. The van der Waals surface area contributed by atoms with E-state index >= 15 is 0 Å². The van der Waals surface area contributed by atoms with E-state index in [4.69, 9.17) is 16.3 Å². The third-order valence-electron chi connectivity index (χ3n) is 2.22. The zero-order chi connectivity index (χ0) is 17.3. The van der Waals surface area contributed by atoms with E-state index in [-0.39, 0.29) is 6.54 Å². The van der Waals surface area contributed by atoms with Gasteiger partial charge in [0.15, 0.2) is 0 Å². The maximum atomic E-state index is 11.5. The van der Waals surface area contributed by atoms with Crippen molar-refractivity contribution in [1.29, 1.82) is 0 Å². The van der Waals surface area contributed by atoms with Crippen LogP contribution in [0.15, 0.2) is 12.3 Å². The molecule has 0 saturated carbocycles. The number of rotatable bonds is 3. The smallest absolute Gasteiger partial charge is 0.407 e. The van der Waals surface area contributed by atoms with Crippen molar-refractivity contribution < 1.29 is 14.6 Å². The molecule has 1 amide bonds. The van der Waals surface area contributed by atoms with Crippen LogP contribution in [-0.4, -0.2) is 21.8 Å². The van der Waals surface area contributed by atoms with Gasteiger partial charge in [-0.1, -0.05) is 31.9 Å². The first-order valence-electron chi connectivity index (χ1n) is 7.39. The van der Waals surface area contributed by atoms with Crippen molar-refractivity contribution in [3.8, 4) is 0 Å². The first kappa shape index (κ1) is 20.7.